The van der Waals surface area contributed by atoms with Gasteiger partial charge in [-0.15, -0.1) is 28.7 Å². The molecule has 1 aliphatic heterocycles. The highest BCUT2D eigenvalue weighted by atomic mass is 79.9. The van der Waals surface area contributed by atoms with E-state index < -0.39 is 17.5 Å². The monoisotopic (exact) mass is 429 g/mol. The molecule has 25 heavy (non-hydrogen) atoms. The number of hydrogen-bond acceptors (Lipinski definition) is 3. The van der Waals surface area contributed by atoms with Crippen LogP contribution in [0.15, 0.2) is 47.5 Å². The van der Waals surface area contributed by atoms with Crippen LogP contribution in [0, 0.1) is 0 Å². The second-order valence-corrected chi connectivity index (χ2v) is 7.51. The molecule has 0 aromatic heterocycles. The molecular weight excluding hydrogens is 415 g/mol. The molecule has 0 bridgehead atoms. The molecule has 7 heteroatoms. The van der Waals surface area contributed by atoms with Crippen LogP contribution < -0.4 is 0 Å². The average molecular weight is 430 g/mol. The number of alkyl halides is 3. The molecule has 1 aliphatic carbocycles. The van der Waals surface area contributed by atoms with Gasteiger partial charge in [-0.3, -0.25) is 0 Å². The van der Waals surface area contributed by atoms with Gasteiger partial charge in [-0.25, -0.2) is 4.99 Å². The SMILES string of the molecule is Br.CC1=NC2(O)c3cc(-c4ccc(C(F)(F)F)cc4)ccc3CC2S1. The van der Waals surface area contributed by atoms with E-state index in [9.17, 15) is 18.3 Å². The van der Waals surface area contributed by atoms with E-state index in [1.54, 1.807) is 11.8 Å². The topological polar surface area (TPSA) is 32.6 Å². The Morgan fingerprint density at radius 1 is 1.12 bits per heavy atom. The smallest absolute Gasteiger partial charge is 0.365 e. The fourth-order valence-electron chi connectivity index (χ4n) is 3.37. The Bertz CT molecular complexity index is 850. The molecule has 0 saturated heterocycles. The van der Waals surface area contributed by atoms with Gasteiger partial charge in [0.05, 0.1) is 15.9 Å². The first-order valence-electron chi connectivity index (χ1n) is 7.54. The number of benzene rings is 2. The van der Waals surface area contributed by atoms with Crippen molar-refractivity contribution in [3.63, 3.8) is 0 Å². The summed E-state index contributed by atoms with van der Waals surface area (Å²) < 4.78 is 38.1. The summed E-state index contributed by atoms with van der Waals surface area (Å²) >= 11 is 1.57. The highest BCUT2D eigenvalue weighted by Gasteiger charge is 2.49. The Kier molecular flexibility index (Phi) is 4.54. The Morgan fingerprint density at radius 2 is 1.76 bits per heavy atom. The molecule has 0 fully saturated rings. The van der Waals surface area contributed by atoms with Gasteiger partial charge in [-0.1, -0.05) is 24.3 Å². The summed E-state index contributed by atoms with van der Waals surface area (Å²) in [6, 6.07) is 10.7. The van der Waals surface area contributed by atoms with Crippen molar-refractivity contribution in [1.82, 2.24) is 0 Å². The average Bonchev–Trinajstić information content (AvgIpc) is 2.95. The summed E-state index contributed by atoms with van der Waals surface area (Å²) in [6.07, 6.45) is -3.60. The van der Waals surface area contributed by atoms with Crippen molar-refractivity contribution in [3.8, 4) is 11.1 Å². The van der Waals surface area contributed by atoms with E-state index in [0.29, 0.717) is 5.56 Å². The van der Waals surface area contributed by atoms with Crippen LogP contribution in [0.2, 0.25) is 0 Å². The van der Waals surface area contributed by atoms with Crippen molar-refractivity contribution in [2.45, 2.75) is 30.5 Å². The largest absolute Gasteiger partial charge is 0.416 e. The second-order valence-electron chi connectivity index (χ2n) is 6.11. The van der Waals surface area contributed by atoms with Crippen molar-refractivity contribution in [3.05, 3.63) is 59.2 Å². The van der Waals surface area contributed by atoms with Gasteiger partial charge in [0.25, 0.3) is 0 Å². The maximum absolute atomic E-state index is 12.7. The number of aliphatic imine (C=N–C) groups is 1. The Balaban J connectivity index is 0.00000182. The van der Waals surface area contributed by atoms with Crippen LogP contribution in [-0.2, 0) is 18.3 Å². The summed E-state index contributed by atoms with van der Waals surface area (Å²) in [4.78, 5) is 4.39. The molecule has 0 spiro atoms. The van der Waals surface area contributed by atoms with Crippen LogP contribution >= 0.6 is 28.7 Å². The number of aliphatic hydroxyl groups is 1. The molecule has 2 aliphatic rings. The lowest BCUT2D eigenvalue weighted by molar-refractivity contribution is -0.137. The lowest BCUT2D eigenvalue weighted by Gasteiger charge is -2.20. The van der Waals surface area contributed by atoms with Crippen molar-refractivity contribution < 1.29 is 18.3 Å². The summed E-state index contributed by atoms with van der Waals surface area (Å²) in [5.74, 6) is 0. The van der Waals surface area contributed by atoms with Gasteiger partial charge in [-0.2, -0.15) is 13.2 Å². The van der Waals surface area contributed by atoms with E-state index in [0.717, 1.165) is 40.3 Å². The van der Waals surface area contributed by atoms with Crippen molar-refractivity contribution >= 4 is 33.8 Å². The molecule has 2 unspecified atom stereocenters. The van der Waals surface area contributed by atoms with Crippen LogP contribution in [0.5, 0.6) is 0 Å². The first-order chi connectivity index (χ1) is 11.3. The van der Waals surface area contributed by atoms with Gasteiger partial charge in [0.15, 0.2) is 5.72 Å². The van der Waals surface area contributed by atoms with Gasteiger partial charge in [0.2, 0.25) is 0 Å². The number of fused-ring (bicyclic) bond motifs is 3. The minimum absolute atomic E-state index is 0. The molecule has 2 atom stereocenters. The molecule has 4 rings (SSSR count). The first-order valence-corrected chi connectivity index (χ1v) is 8.42. The standard InChI is InChI=1S/C18H14F3NOS.BrH/c1-10-22-17(23)15-8-12(2-3-13(15)9-16(17)24-10)11-4-6-14(7-5-11)18(19,20)21;/h2-8,16,23H,9H2,1H3;1H. The lowest BCUT2D eigenvalue weighted by atomic mass is 9.97. The predicted molar refractivity (Wildman–Crippen MR) is 99.3 cm³/mol. The number of hydrogen-bond donors (Lipinski definition) is 1. The third-order valence-corrected chi connectivity index (χ3v) is 5.76. The predicted octanol–water partition coefficient (Wildman–Crippen LogP) is 5.19. The van der Waals surface area contributed by atoms with Gasteiger partial charge < -0.3 is 5.11 Å². The summed E-state index contributed by atoms with van der Waals surface area (Å²) in [7, 11) is 0. The number of thioether (sulfide) groups is 1. The summed E-state index contributed by atoms with van der Waals surface area (Å²) in [6.45, 7) is 1.88. The first kappa shape index (κ1) is 18.5. The van der Waals surface area contributed by atoms with Crippen LogP contribution in [0.4, 0.5) is 13.2 Å². The number of rotatable bonds is 1. The van der Waals surface area contributed by atoms with Crippen molar-refractivity contribution in [2.75, 3.05) is 0 Å². The van der Waals surface area contributed by atoms with E-state index >= 15 is 0 Å². The lowest BCUT2D eigenvalue weighted by Crippen LogP contribution is -2.27. The summed E-state index contributed by atoms with van der Waals surface area (Å²) in [5, 5.41) is 11.8. The zero-order valence-electron chi connectivity index (χ0n) is 13.2. The van der Waals surface area contributed by atoms with Gasteiger partial charge in [0.1, 0.15) is 0 Å². The second kappa shape index (κ2) is 6.14. The maximum atomic E-state index is 12.7. The molecule has 0 radical (unpaired) electrons. The van der Waals surface area contributed by atoms with Crippen molar-refractivity contribution in [1.29, 1.82) is 0 Å². The Hall–Kier alpha value is -1.31. The van der Waals surface area contributed by atoms with E-state index in [1.165, 1.54) is 12.1 Å². The molecule has 2 aromatic carbocycles. The fraction of sp³-hybridized carbons (Fsp3) is 0.278. The van der Waals surface area contributed by atoms with Crippen LogP contribution in [-0.4, -0.2) is 15.4 Å². The number of halogens is 4. The Morgan fingerprint density at radius 3 is 2.40 bits per heavy atom. The van der Waals surface area contributed by atoms with E-state index in [2.05, 4.69) is 4.99 Å². The van der Waals surface area contributed by atoms with Crippen LogP contribution in [0.25, 0.3) is 11.1 Å². The molecule has 0 saturated carbocycles. The minimum Gasteiger partial charge on any atom is -0.365 e. The van der Waals surface area contributed by atoms with Crippen molar-refractivity contribution in [2.24, 2.45) is 4.99 Å². The molecule has 132 valence electrons. The molecule has 2 nitrogen and oxygen atoms in total. The highest BCUT2D eigenvalue weighted by molar-refractivity contribution is 8.93. The van der Waals surface area contributed by atoms with Gasteiger partial charge in [-0.05, 0) is 48.2 Å². The molecule has 1 N–H and O–H groups in total. The van der Waals surface area contributed by atoms with E-state index in [4.69, 9.17) is 0 Å². The summed E-state index contributed by atoms with van der Waals surface area (Å²) in [5.41, 5.74) is 1.38. The third kappa shape index (κ3) is 3.02. The van der Waals surface area contributed by atoms with Gasteiger partial charge >= 0.3 is 6.18 Å². The minimum atomic E-state index is -4.34. The highest BCUT2D eigenvalue weighted by Crippen LogP contribution is 2.50. The zero-order chi connectivity index (χ0) is 17.1. The molecule has 2 aromatic rings. The zero-order valence-corrected chi connectivity index (χ0v) is 15.7. The Labute approximate surface area is 157 Å². The molecule has 0 amide bonds. The van der Waals surface area contributed by atoms with E-state index in [1.807, 2.05) is 25.1 Å². The normalized spacial score (nSPS) is 24.4. The fourth-order valence-corrected chi connectivity index (χ4v) is 4.58. The number of nitrogens with zero attached hydrogens (tertiary/aromatic N) is 1. The quantitative estimate of drug-likeness (QED) is 0.676. The molecular formula is C18H15BrF3NOS. The third-order valence-electron chi connectivity index (χ3n) is 4.55. The van der Waals surface area contributed by atoms with E-state index in [-0.39, 0.29) is 22.2 Å². The van der Waals surface area contributed by atoms with Crippen LogP contribution in [0.1, 0.15) is 23.6 Å². The maximum Gasteiger partial charge on any atom is 0.416 e. The van der Waals surface area contributed by atoms with Crippen LogP contribution in [0.3, 0.4) is 0 Å². The molecule has 1 heterocycles. The van der Waals surface area contributed by atoms with Gasteiger partial charge in [0, 0.05) is 5.56 Å².